The van der Waals surface area contributed by atoms with Crippen LogP contribution < -0.4 is 0 Å². The van der Waals surface area contributed by atoms with Gasteiger partial charge >= 0.3 is 11.9 Å². The van der Waals surface area contributed by atoms with Gasteiger partial charge in [-0.1, -0.05) is 52.6 Å². The molecule has 0 bridgehead atoms. The molecular formula is C10H16Br2O4. The lowest BCUT2D eigenvalue weighted by Gasteiger charge is -2.29. The molecule has 1 N–H and O–H groups in total. The van der Waals surface area contributed by atoms with Crippen LogP contribution in [-0.4, -0.2) is 33.3 Å². The summed E-state index contributed by atoms with van der Waals surface area (Å²) in [6, 6.07) is 0. The van der Waals surface area contributed by atoms with Gasteiger partial charge < -0.3 is 9.84 Å². The van der Waals surface area contributed by atoms with E-state index in [-0.39, 0.29) is 6.42 Å². The average molecular weight is 360 g/mol. The zero-order valence-corrected chi connectivity index (χ0v) is 12.7. The second-order valence-corrected chi connectivity index (χ2v) is 6.26. The SMILES string of the molecule is CC(C)(C)C(CC(=O)O)OC(=O)C(Br)CBr. The number of esters is 1. The van der Waals surface area contributed by atoms with Crippen LogP contribution in [0.4, 0.5) is 0 Å². The lowest BCUT2D eigenvalue weighted by Crippen LogP contribution is -2.36. The molecule has 0 rings (SSSR count). The molecule has 0 saturated heterocycles. The predicted molar refractivity (Wildman–Crippen MR) is 68.1 cm³/mol. The Hall–Kier alpha value is -0.100. The van der Waals surface area contributed by atoms with Gasteiger partial charge in [0.2, 0.25) is 0 Å². The number of carbonyl (C=O) groups is 2. The van der Waals surface area contributed by atoms with Gasteiger partial charge in [0.25, 0.3) is 0 Å². The van der Waals surface area contributed by atoms with Crippen molar-refractivity contribution in [2.75, 3.05) is 5.33 Å². The Morgan fingerprint density at radius 1 is 1.38 bits per heavy atom. The standard InChI is InChI=1S/C10H16Br2O4/c1-10(2,3)7(4-8(13)14)16-9(15)6(12)5-11/h6-7H,4-5H2,1-3H3,(H,13,14). The van der Waals surface area contributed by atoms with Gasteiger partial charge in [-0.15, -0.1) is 0 Å². The van der Waals surface area contributed by atoms with Crippen molar-refractivity contribution < 1.29 is 19.4 Å². The fourth-order valence-electron chi connectivity index (χ4n) is 0.960. The number of rotatable bonds is 5. The Balaban J connectivity index is 4.56. The lowest BCUT2D eigenvalue weighted by molar-refractivity contribution is -0.158. The van der Waals surface area contributed by atoms with Gasteiger partial charge in [0, 0.05) is 5.33 Å². The third kappa shape index (κ3) is 5.84. The van der Waals surface area contributed by atoms with Gasteiger partial charge in [0.1, 0.15) is 10.9 Å². The van der Waals surface area contributed by atoms with E-state index in [2.05, 4.69) is 31.9 Å². The molecule has 0 aromatic rings. The van der Waals surface area contributed by atoms with Crippen molar-refractivity contribution in [2.45, 2.75) is 38.1 Å². The van der Waals surface area contributed by atoms with Gasteiger partial charge in [-0.2, -0.15) is 0 Å². The highest BCUT2D eigenvalue weighted by atomic mass is 79.9. The topological polar surface area (TPSA) is 63.6 Å². The number of carboxylic acids is 1. The van der Waals surface area contributed by atoms with Gasteiger partial charge in [-0.25, -0.2) is 0 Å². The minimum Gasteiger partial charge on any atom is -0.481 e. The van der Waals surface area contributed by atoms with E-state index in [1.54, 1.807) is 0 Å². The van der Waals surface area contributed by atoms with Crippen LogP contribution in [0.3, 0.4) is 0 Å². The molecular weight excluding hydrogens is 344 g/mol. The van der Waals surface area contributed by atoms with E-state index in [9.17, 15) is 9.59 Å². The second-order valence-electron chi connectivity index (χ2n) is 4.51. The summed E-state index contributed by atoms with van der Waals surface area (Å²) in [5.41, 5.74) is -0.396. The Bertz CT molecular complexity index is 260. The number of carbonyl (C=O) groups excluding carboxylic acids is 1. The maximum absolute atomic E-state index is 11.5. The Morgan fingerprint density at radius 3 is 2.19 bits per heavy atom. The fourth-order valence-corrected chi connectivity index (χ4v) is 1.33. The van der Waals surface area contributed by atoms with Crippen molar-refractivity contribution >= 4 is 43.8 Å². The zero-order chi connectivity index (χ0) is 12.9. The van der Waals surface area contributed by atoms with E-state index in [0.717, 1.165) is 0 Å². The van der Waals surface area contributed by atoms with Crippen molar-refractivity contribution in [1.82, 2.24) is 0 Å². The van der Waals surface area contributed by atoms with Crippen LogP contribution in [-0.2, 0) is 14.3 Å². The van der Waals surface area contributed by atoms with Crippen molar-refractivity contribution in [3.63, 3.8) is 0 Å². The quantitative estimate of drug-likeness (QED) is 0.605. The van der Waals surface area contributed by atoms with Crippen LogP contribution in [0.1, 0.15) is 27.2 Å². The summed E-state index contributed by atoms with van der Waals surface area (Å²) < 4.78 is 5.18. The lowest BCUT2D eigenvalue weighted by atomic mass is 9.87. The molecule has 0 radical (unpaired) electrons. The van der Waals surface area contributed by atoms with Gasteiger partial charge in [-0.3, -0.25) is 9.59 Å². The third-order valence-electron chi connectivity index (χ3n) is 1.98. The summed E-state index contributed by atoms with van der Waals surface area (Å²) in [7, 11) is 0. The van der Waals surface area contributed by atoms with Gasteiger partial charge in [0.15, 0.2) is 0 Å². The van der Waals surface area contributed by atoms with Gasteiger partial charge in [0.05, 0.1) is 6.42 Å². The minimum atomic E-state index is -0.974. The molecule has 0 heterocycles. The molecule has 0 aliphatic carbocycles. The van der Waals surface area contributed by atoms with Crippen LogP contribution in [0.25, 0.3) is 0 Å². The Labute approximate surface area is 112 Å². The summed E-state index contributed by atoms with van der Waals surface area (Å²) in [6.07, 6.45) is -0.811. The number of hydrogen-bond acceptors (Lipinski definition) is 3. The highest BCUT2D eigenvalue weighted by Gasteiger charge is 2.32. The van der Waals surface area contributed by atoms with E-state index in [1.165, 1.54) is 0 Å². The summed E-state index contributed by atoms with van der Waals surface area (Å²) in [5.74, 6) is -1.42. The van der Waals surface area contributed by atoms with Crippen LogP contribution in [0.2, 0.25) is 0 Å². The molecule has 2 unspecified atom stereocenters. The molecule has 0 aliphatic rings. The second kappa shape index (κ2) is 6.59. The normalized spacial score (nSPS) is 15.3. The van der Waals surface area contributed by atoms with Gasteiger partial charge in [-0.05, 0) is 5.41 Å². The number of carboxylic acid groups (broad SMARTS) is 1. The predicted octanol–water partition coefficient (Wildman–Crippen LogP) is 2.58. The molecule has 0 aromatic carbocycles. The van der Waals surface area contributed by atoms with E-state index < -0.39 is 28.3 Å². The molecule has 0 amide bonds. The van der Waals surface area contributed by atoms with E-state index >= 15 is 0 Å². The number of hydrogen-bond donors (Lipinski definition) is 1. The number of aliphatic carboxylic acids is 1. The summed E-state index contributed by atoms with van der Waals surface area (Å²) in [6.45, 7) is 5.52. The van der Waals surface area contributed by atoms with Crippen LogP contribution in [0, 0.1) is 5.41 Å². The highest BCUT2D eigenvalue weighted by Crippen LogP contribution is 2.26. The molecule has 0 saturated carbocycles. The van der Waals surface area contributed by atoms with Crippen LogP contribution >= 0.6 is 31.9 Å². The van der Waals surface area contributed by atoms with Crippen LogP contribution in [0.5, 0.6) is 0 Å². The zero-order valence-electron chi connectivity index (χ0n) is 9.50. The van der Waals surface area contributed by atoms with E-state index in [0.29, 0.717) is 5.33 Å². The summed E-state index contributed by atoms with van der Waals surface area (Å²) >= 11 is 6.28. The monoisotopic (exact) mass is 358 g/mol. The van der Waals surface area contributed by atoms with Crippen LogP contribution in [0.15, 0.2) is 0 Å². The first-order valence-corrected chi connectivity index (χ1v) is 6.84. The molecule has 2 atom stereocenters. The van der Waals surface area contributed by atoms with Crippen molar-refractivity contribution in [1.29, 1.82) is 0 Å². The maximum Gasteiger partial charge on any atom is 0.320 e. The molecule has 0 spiro atoms. The minimum absolute atomic E-state index is 0.183. The summed E-state index contributed by atoms with van der Waals surface area (Å²) in [5, 5.41) is 9.17. The maximum atomic E-state index is 11.5. The first-order valence-electron chi connectivity index (χ1n) is 4.80. The number of ether oxygens (including phenoxy) is 1. The van der Waals surface area contributed by atoms with E-state index in [4.69, 9.17) is 9.84 Å². The van der Waals surface area contributed by atoms with Crippen molar-refractivity contribution in [3.8, 4) is 0 Å². The summed E-state index contributed by atoms with van der Waals surface area (Å²) in [4.78, 5) is 21.7. The number of alkyl halides is 2. The molecule has 94 valence electrons. The molecule has 0 aliphatic heterocycles. The molecule has 4 nitrogen and oxygen atoms in total. The average Bonchev–Trinajstić information content (AvgIpc) is 2.13. The third-order valence-corrected chi connectivity index (χ3v) is 4.19. The highest BCUT2D eigenvalue weighted by molar-refractivity contribution is 9.12. The molecule has 6 heteroatoms. The molecule has 0 aromatic heterocycles. The first-order chi connectivity index (χ1) is 7.18. The number of halogens is 2. The smallest absolute Gasteiger partial charge is 0.320 e. The first kappa shape index (κ1) is 15.9. The Morgan fingerprint density at radius 2 is 1.88 bits per heavy atom. The largest absolute Gasteiger partial charge is 0.481 e. The molecule has 16 heavy (non-hydrogen) atoms. The van der Waals surface area contributed by atoms with Crippen molar-refractivity contribution in [3.05, 3.63) is 0 Å². The Kier molecular flexibility index (Phi) is 6.55. The molecule has 0 fully saturated rings. The van der Waals surface area contributed by atoms with E-state index in [1.807, 2.05) is 20.8 Å². The van der Waals surface area contributed by atoms with Crippen molar-refractivity contribution in [2.24, 2.45) is 5.41 Å². The fraction of sp³-hybridized carbons (Fsp3) is 0.800.